The molecule has 0 saturated carbocycles. The van der Waals surface area contributed by atoms with E-state index in [1.54, 1.807) is 0 Å². The Balaban J connectivity index is 1.30. The van der Waals surface area contributed by atoms with Crippen LogP contribution in [0.1, 0.15) is 0 Å². The average molecular weight is 595 g/mol. The Labute approximate surface area is 270 Å². The molecule has 1 heterocycles. The van der Waals surface area contributed by atoms with E-state index in [-0.39, 0.29) is 0 Å². The Morgan fingerprint density at radius 1 is 0.277 bits per heavy atom. The molecule has 0 radical (unpaired) electrons. The van der Waals surface area contributed by atoms with Gasteiger partial charge in [0.05, 0.1) is 0 Å². The predicted octanol–water partition coefficient (Wildman–Crippen LogP) is 13.3. The van der Waals surface area contributed by atoms with E-state index in [2.05, 4.69) is 158 Å². The van der Waals surface area contributed by atoms with E-state index in [1.807, 2.05) is 0 Å². The molecule has 47 heavy (non-hydrogen) atoms. The van der Waals surface area contributed by atoms with Gasteiger partial charge in [-0.1, -0.05) is 133 Å². The van der Waals surface area contributed by atoms with Crippen LogP contribution in [0.4, 0.5) is 0 Å². The highest BCUT2D eigenvalue weighted by atomic mass is 16.3. The molecule has 0 saturated heterocycles. The monoisotopic (exact) mass is 594 g/mol. The number of hydrogen-bond acceptors (Lipinski definition) is 1. The first-order chi connectivity index (χ1) is 23.3. The second-order valence-corrected chi connectivity index (χ2v) is 12.8. The first-order valence-electron chi connectivity index (χ1n) is 16.3. The number of rotatable bonds is 2. The third-order valence-corrected chi connectivity index (χ3v) is 10.4. The summed E-state index contributed by atoms with van der Waals surface area (Å²) in [7, 11) is 0. The quantitative estimate of drug-likeness (QED) is 0.182. The smallest absolute Gasteiger partial charge is 0.143 e. The van der Waals surface area contributed by atoms with Crippen LogP contribution in [0.15, 0.2) is 162 Å². The molecule has 216 valence electrons. The molecule has 0 bridgehead atoms. The number of benzene rings is 10. The predicted molar refractivity (Wildman–Crippen MR) is 201 cm³/mol. The van der Waals surface area contributed by atoms with E-state index < -0.39 is 0 Å². The zero-order valence-corrected chi connectivity index (χ0v) is 25.4. The lowest BCUT2D eigenvalue weighted by atomic mass is 9.87. The Bertz CT molecular complexity index is 3050. The van der Waals surface area contributed by atoms with E-state index in [0.29, 0.717) is 0 Å². The Hall–Kier alpha value is -6.18. The summed E-state index contributed by atoms with van der Waals surface area (Å²) in [5, 5.41) is 17.4. The van der Waals surface area contributed by atoms with Crippen molar-refractivity contribution in [3.63, 3.8) is 0 Å². The highest BCUT2D eigenvalue weighted by molar-refractivity contribution is 6.28. The molecule has 1 aromatic heterocycles. The van der Waals surface area contributed by atoms with Gasteiger partial charge in [-0.3, -0.25) is 0 Å². The van der Waals surface area contributed by atoms with Gasteiger partial charge < -0.3 is 4.42 Å². The van der Waals surface area contributed by atoms with E-state index >= 15 is 0 Å². The topological polar surface area (TPSA) is 13.1 Å². The van der Waals surface area contributed by atoms with Gasteiger partial charge in [-0.05, 0) is 106 Å². The van der Waals surface area contributed by atoms with Crippen LogP contribution in [0, 0.1) is 0 Å². The molecule has 0 aliphatic rings. The van der Waals surface area contributed by atoms with E-state index in [4.69, 9.17) is 4.42 Å². The maximum atomic E-state index is 7.00. The normalized spacial score (nSPS) is 12.3. The van der Waals surface area contributed by atoms with Crippen molar-refractivity contribution in [2.45, 2.75) is 0 Å². The molecule has 11 aromatic rings. The minimum Gasteiger partial charge on any atom is -0.455 e. The van der Waals surface area contributed by atoms with Crippen LogP contribution in [-0.4, -0.2) is 0 Å². The number of fused-ring (bicyclic) bond motifs is 7. The molecule has 0 fully saturated rings. The minimum absolute atomic E-state index is 0.912. The van der Waals surface area contributed by atoms with Crippen LogP contribution in [0.25, 0.3) is 109 Å². The van der Waals surface area contributed by atoms with Crippen molar-refractivity contribution in [2.75, 3.05) is 0 Å². The van der Waals surface area contributed by atoms with Crippen molar-refractivity contribution in [3.05, 3.63) is 158 Å². The van der Waals surface area contributed by atoms with Crippen LogP contribution in [-0.2, 0) is 0 Å². The molecule has 10 aromatic carbocycles. The number of hydrogen-bond donors (Lipinski definition) is 0. The van der Waals surface area contributed by atoms with E-state index in [9.17, 15) is 0 Å². The van der Waals surface area contributed by atoms with Gasteiger partial charge in [0.25, 0.3) is 0 Å². The van der Waals surface area contributed by atoms with Crippen molar-refractivity contribution < 1.29 is 4.42 Å². The summed E-state index contributed by atoms with van der Waals surface area (Å²) in [6.45, 7) is 0. The molecule has 0 spiro atoms. The lowest BCUT2D eigenvalue weighted by molar-refractivity contribution is 0.670. The zero-order valence-electron chi connectivity index (χ0n) is 25.4. The molecule has 0 aliphatic heterocycles. The molecule has 0 N–H and O–H groups in total. The van der Waals surface area contributed by atoms with Crippen molar-refractivity contribution in [2.24, 2.45) is 0 Å². The van der Waals surface area contributed by atoms with E-state index in [1.165, 1.54) is 81.3 Å². The third-order valence-electron chi connectivity index (χ3n) is 10.4. The molecule has 0 unspecified atom stereocenters. The van der Waals surface area contributed by atoms with Crippen LogP contribution >= 0.6 is 0 Å². The second-order valence-electron chi connectivity index (χ2n) is 12.8. The summed E-state index contributed by atoms with van der Waals surface area (Å²) in [5.41, 5.74) is 6.57. The maximum absolute atomic E-state index is 7.00. The highest BCUT2D eigenvalue weighted by Gasteiger charge is 2.21. The van der Waals surface area contributed by atoms with Crippen LogP contribution in [0.5, 0.6) is 0 Å². The van der Waals surface area contributed by atoms with Crippen LogP contribution in [0.3, 0.4) is 0 Å². The molecule has 1 heteroatoms. The first-order valence-corrected chi connectivity index (χ1v) is 16.3. The van der Waals surface area contributed by atoms with Gasteiger partial charge >= 0.3 is 0 Å². The summed E-state index contributed by atoms with van der Waals surface area (Å²) >= 11 is 0. The summed E-state index contributed by atoms with van der Waals surface area (Å²) in [5.74, 6) is 0. The van der Waals surface area contributed by atoms with Gasteiger partial charge in [0.2, 0.25) is 0 Å². The summed E-state index contributed by atoms with van der Waals surface area (Å²) in [6, 6.07) is 57.8. The number of furan rings is 1. The van der Waals surface area contributed by atoms with Crippen molar-refractivity contribution in [1.29, 1.82) is 0 Å². The molecule has 0 aliphatic carbocycles. The van der Waals surface area contributed by atoms with Crippen molar-refractivity contribution in [1.82, 2.24) is 0 Å². The van der Waals surface area contributed by atoms with Crippen LogP contribution < -0.4 is 0 Å². The van der Waals surface area contributed by atoms with Gasteiger partial charge in [-0.25, -0.2) is 0 Å². The van der Waals surface area contributed by atoms with Gasteiger partial charge in [0.1, 0.15) is 11.2 Å². The second kappa shape index (κ2) is 9.19. The fourth-order valence-electron chi connectivity index (χ4n) is 8.25. The standard InChI is InChI=1S/C46H26O/c1-2-9-31-26-42-41(24-30(31)8-1)45-38(40-25-32-10-3-4-13-33(32)34-14-5-6-15-35(34)40)22-23-39(46(45)47-42)36-20-18-29-17-16-27-11-7-12-28-19-21-37(36)44(29)43(27)28/h1-26H. The molecule has 0 atom stereocenters. The molecular formula is C46H26O. The zero-order chi connectivity index (χ0) is 30.6. The fraction of sp³-hybridized carbons (Fsp3) is 0. The molecular weight excluding hydrogens is 569 g/mol. The van der Waals surface area contributed by atoms with Crippen LogP contribution in [0.2, 0.25) is 0 Å². The van der Waals surface area contributed by atoms with Gasteiger partial charge in [-0.15, -0.1) is 0 Å². The lowest BCUT2D eigenvalue weighted by Gasteiger charge is -2.16. The summed E-state index contributed by atoms with van der Waals surface area (Å²) < 4.78 is 7.00. The largest absolute Gasteiger partial charge is 0.455 e. The Morgan fingerprint density at radius 3 is 1.70 bits per heavy atom. The molecule has 11 rings (SSSR count). The van der Waals surface area contributed by atoms with Gasteiger partial charge in [0.15, 0.2) is 0 Å². The summed E-state index contributed by atoms with van der Waals surface area (Å²) in [6.07, 6.45) is 0. The van der Waals surface area contributed by atoms with Gasteiger partial charge in [0, 0.05) is 16.3 Å². The van der Waals surface area contributed by atoms with Gasteiger partial charge in [-0.2, -0.15) is 0 Å². The molecule has 0 amide bonds. The average Bonchev–Trinajstić information content (AvgIpc) is 3.50. The first kappa shape index (κ1) is 25.1. The fourth-order valence-corrected chi connectivity index (χ4v) is 8.25. The SMILES string of the molecule is c1ccc2cc3c(cc2c1)oc1c(-c2ccc4ccc5cccc6ccc2c4c56)ccc(-c2cc4ccccc4c4ccccc24)c13. The Morgan fingerprint density at radius 2 is 0.872 bits per heavy atom. The highest BCUT2D eigenvalue weighted by Crippen LogP contribution is 2.47. The lowest BCUT2D eigenvalue weighted by Crippen LogP contribution is -1.89. The van der Waals surface area contributed by atoms with E-state index in [0.717, 1.165) is 27.5 Å². The maximum Gasteiger partial charge on any atom is 0.143 e. The third kappa shape index (κ3) is 3.43. The minimum atomic E-state index is 0.912. The molecule has 1 nitrogen and oxygen atoms in total. The van der Waals surface area contributed by atoms with Crippen molar-refractivity contribution >= 4 is 86.6 Å². The van der Waals surface area contributed by atoms with Crippen molar-refractivity contribution in [3.8, 4) is 22.3 Å². The Kier molecular flexibility index (Phi) is 4.90. The summed E-state index contributed by atoms with van der Waals surface area (Å²) in [4.78, 5) is 0.